The van der Waals surface area contributed by atoms with Gasteiger partial charge in [0, 0.05) is 23.2 Å². The molecule has 0 spiro atoms. The minimum atomic E-state index is -0.129. The van der Waals surface area contributed by atoms with Crippen LogP contribution in [0.15, 0.2) is 12.1 Å². The van der Waals surface area contributed by atoms with E-state index in [0.29, 0.717) is 17.9 Å². The lowest BCUT2D eigenvalue weighted by Gasteiger charge is -2.20. The zero-order chi connectivity index (χ0) is 15.6. The van der Waals surface area contributed by atoms with Crippen LogP contribution in [-0.2, 0) is 5.41 Å². The fraction of sp³-hybridized carbons (Fsp3) is 0.625. The number of aromatic nitrogens is 1. The monoisotopic (exact) mass is 277 g/mol. The van der Waals surface area contributed by atoms with Crippen LogP contribution >= 0.6 is 0 Å². The molecule has 0 atom stereocenters. The van der Waals surface area contributed by atoms with Crippen LogP contribution in [0.3, 0.4) is 0 Å². The first-order valence-electron chi connectivity index (χ1n) is 7.05. The number of nitrogen functional groups attached to an aromatic ring is 1. The van der Waals surface area contributed by atoms with Crippen LogP contribution in [0.25, 0.3) is 0 Å². The van der Waals surface area contributed by atoms with Gasteiger partial charge in [-0.1, -0.05) is 41.5 Å². The molecule has 4 nitrogen and oxygen atoms in total. The predicted molar refractivity (Wildman–Crippen MR) is 83.8 cm³/mol. The number of hydrogen-bond donors (Lipinski definition) is 2. The number of rotatable bonds is 3. The molecule has 1 amide bonds. The van der Waals surface area contributed by atoms with E-state index < -0.39 is 0 Å². The molecule has 0 bridgehead atoms. The van der Waals surface area contributed by atoms with Gasteiger partial charge in [0.2, 0.25) is 0 Å². The Morgan fingerprint density at radius 2 is 1.80 bits per heavy atom. The molecule has 1 rings (SSSR count). The van der Waals surface area contributed by atoms with Crippen molar-refractivity contribution in [3.8, 4) is 0 Å². The summed E-state index contributed by atoms with van der Waals surface area (Å²) in [6.45, 7) is 13.3. The van der Waals surface area contributed by atoms with E-state index in [1.807, 2.05) is 6.07 Å². The third-order valence-electron chi connectivity index (χ3n) is 3.04. The fourth-order valence-electron chi connectivity index (χ4n) is 1.72. The van der Waals surface area contributed by atoms with Gasteiger partial charge in [-0.2, -0.15) is 0 Å². The summed E-state index contributed by atoms with van der Waals surface area (Å²) in [4.78, 5) is 16.5. The van der Waals surface area contributed by atoms with Gasteiger partial charge in [-0.25, -0.2) is 4.98 Å². The Hall–Kier alpha value is -1.58. The van der Waals surface area contributed by atoms with Crippen LogP contribution in [-0.4, -0.2) is 17.4 Å². The summed E-state index contributed by atoms with van der Waals surface area (Å²) in [5.41, 5.74) is 7.29. The molecule has 0 unspecified atom stereocenters. The predicted octanol–water partition coefficient (Wildman–Crippen LogP) is 3.13. The maximum atomic E-state index is 12.2. The van der Waals surface area contributed by atoms with E-state index in [9.17, 15) is 4.79 Å². The highest BCUT2D eigenvalue weighted by Crippen LogP contribution is 2.22. The van der Waals surface area contributed by atoms with Gasteiger partial charge in [0.05, 0.1) is 0 Å². The maximum absolute atomic E-state index is 12.2. The largest absolute Gasteiger partial charge is 0.384 e. The molecule has 0 aliphatic carbocycles. The Kier molecular flexibility index (Phi) is 4.79. The third-order valence-corrected chi connectivity index (χ3v) is 3.04. The first-order chi connectivity index (χ1) is 8.99. The van der Waals surface area contributed by atoms with Crippen molar-refractivity contribution in [1.29, 1.82) is 0 Å². The van der Waals surface area contributed by atoms with Crippen molar-refractivity contribution in [3.63, 3.8) is 0 Å². The molecular formula is C16H27N3O. The average molecular weight is 277 g/mol. The number of nitrogens with zero attached hydrogens (tertiary/aromatic N) is 1. The van der Waals surface area contributed by atoms with Gasteiger partial charge < -0.3 is 11.1 Å². The van der Waals surface area contributed by atoms with Crippen LogP contribution in [0.2, 0.25) is 0 Å². The van der Waals surface area contributed by atoms with Crippen molar-refractivity contribution < 1.29 is 4.79 Å². The SMILES string of the molecule is CC(C)(C)CCNC(=O)c1cc(N)nc(C(C)(C)C)c1. The summed E-state index contributed by atoms with van der Waals surface area (Å²) in [6, 6.07) is 3.45. The minimum Gasteiger partial charge on any atom is -0.384 e. The molecule has 0 radical (unpaired) electrons. The van der Waals surface area contributed by atoms with Crippen LogP contribution in [0.5, 0.6) is 0 Å². The number of carbonyl (C=O) groups is 1. The van der Waals surface area contributed by atoms with Crippen LogP contribution in [0, 0.1) is 5.41 Å². The molecule has 0 saturated heterocycles. The summed E-state index contributed by atoms with van der Waals surface area (Å²) in [6.07, 6.45) is 0.936. The van der Waals surface area contributed by atoms with E-state index in [2.05, 4.69) is 51.8 Å². The normalized spacial score (nSPS) is 12.3. The Balaban J connectivity index is 2.81. The number of pyridine rings is 1. The van der Waals surface area contributed by atoms with Crippen LogP contribution in [0.1, 0.15) is 64.0 Å². The lowest BCUT2D eigenvalue weighted by atomic mass is 9.90. The quantitative estimate of drug-likeness (QED) is 0.892. The first kappa shape index (κ1) is 16.5. The Morgan fingerprint density at radius 3 is 2.30 bits per heavy atom. The van der Waals surface area contributed by atoms with Crippen molar-refractivity contribution in [2.45, 2.75) is 53.4 Å². The summed E-state index contributed by atoms with van der Waals surface area (Å²) in [7, 11) is 0. The molecule has 1 heterocycles. The van der Waals surface area contributed by atoms with E-state index in [0.717, 1.165) is 12.1 Å². The molecule has 1 aromatic rings. The van der Waals surface area contributed by atoms with Crippen molar-refractivity contribution in [1.82, 2.24) is 10.3 Å². The van der Waals surface area contributed by atoms with Gasteiger partial charge >= 0.3 is 0 Å². The Morgan fingerprint density at radius 1 is 1.20 bits per heavy atom. The second kappa shape index (κ2) is 5.81. The maximum Gasteiger partial charge on any atom is 0.251 e. The first-order valence-corrected chi connectivity index (χ1v) is 7.05. The number of hydrogen-bond acceptors (Lipinski definition) is 3. The molecule has 112 valence electrons. The molecule has 0 aromatic carbocycles. The van der Waals surface area contributed by atoms with E-state index in [1.54, 1.807) is 6.07 Å². The van der Waals surface area contributed by atoms with Crippen molar-refractivity contribution in [2.24, 2.45) is 5.41 Å². The Labute approximate surface area is 122 Å². The number of amides is 1. The van der Waals surface area contributed by atoms with Gasteiger partial charge in [0.15, 0.2) is 0 Å². The van der Waals surface area contributed by atoms with Crippen molar-refractivity contribution in [3.05, 3.63) is 23.4 Å². The fourth-order valence-corrected chi connectivity index (χ4v) is 1.72. The molecule has 0 aliphatic heterocycles. The molecule has 0 fully saturated rings. The number of carbonyl (C=O) groups excluding carboxylic acids is 1. The Bertz CT molecular complexity index is 481. The third kappa shape index (κ3) is 5.19. The van der Waals surface area contributed by atoms with E-state index in [4.69, 9.17) is 5.73 Å². The van der Waals surface area contributed by atoms with E-state index in [1.165, 1.54) is 0 Å². The lowest BCUT2D eigenvalue weighted by Crippen LogP contribution is -2.28. The summed E-state index contributed by atoms with van der Waals surface area (Å²) in [5, 5.41) is 2.94. The van der Waals surface area contributed by atoms with Gasteiger partial charge in [-0.05, 0) is 24.0 Å². The lowest BCUT2D eigenvalue weighted by molar-refractivity contribution is 0.0949. The zero-order valence-corrected chi connectivity index (χ0v) is 13.5. The zero-order valence-electron chi connectivity index (χ0n) is 13.5. The smallest absolute Gasteiger partial charge is 0.251 e. The summed E-state index contributed by atoms with van der Waals surface area (Å²) in [5.74, 6) is 0.298. The highest BCUT2D eigenvalue weighted by atomic mass is 16.1. The molecule has 20 heavy (non-hydrogen) atoms. The van der Waals surface area contributed by atoms with Crippen LogP contribution in [0.4, 0.5) is 5.82 Å². The van der Waals surface area contributed by atoms with Gasteiger partial charge in [0.25, 0.3) is 5.91 Å². The van der Waals surface area contributed by atoms with Crippen molar-refractivity contribution >= 4 is 11.7 Å². The topological polar surface area (TPSA) is 68.0 Å². The summed E-state index contributed by atoms with van der Waals surface area (Å²) < 4.78 is 0. The molecule has 0 saturated carbocycles. The molecular weight excluding hydrogens is 250 g/mol. The number of nitrogens with two attached hydrogens (primary N) is 1. The highest BCUT2D eigenvalue weighted by molar-refractivity contribution is 5.94. The molecule has 4 heteroatoms. The van der Waals surface area contributed by atoms with Gasteiger partial charge in [0.1, 0.15) is 5.82 Å². The molecule has 3 N–H and O–H groups in total. The summed E-state index contributed by atoms with van der Waals surface area (Å²) >= 11 is 0. The standard InChI is InChI=1S/C16H27N3O/c1-15(2,3)7-8-18-14(20)11-9-12(16(4,5)6)19-13(17)10-11/h9-10H,7-8H2,1-6H3,(H2,17,19)(H,18,20). The van der Waals surface area contributed by atoms with E-state index >= 15 is 0 Å². The van der Waals surface area contributed by atoms with E-state index in [-0.39, 0.29) is 16.7 Å². The van der Waals surface area contributed by atoms with Gasteiger partial charge in [-0.3, -0.25) is 4.79 Å². The molecule has 1 aromatic heterocycles. The second-order valence-electron chi connectivity index (χ2n) is 7.48. The highest BCUT2D eigenvalue weighted by Gasteiger charge is 2.19. The van der Waals surface area contributed by atoms with Crippen molar-refractivity contribution in [2.75, 3.05) is 12.3 Å². The average Bonchev–Trinajstić information content (AvgIpc) is 2.25. The number of nitrogens with one attached hydrogen (secondary N) is 1. The minimum absolute atomic E-state index is 0.0890. The van der Waals surface area contributed by atoms with Crippen LogP contribution < -0.4 is 11.1 Å². The second-order valence-corrected chi connectivity index (χ2v) is 7.48. The molecule has 0 aliphatic rings. The van der Waals surface area contributed by atoms with Gasteiger partial charge in [-0.15, -0.1) is 0 Å². The number of anilines is 1.